The summed E-state index contributed by atoms with van der Waals surface area (Å²) in [5.41, 5.74) is 0. The molecule has 0 saturated carbocycles. The zero-order valence-corrected chi connectivity index (χ0v) is 11.0. The van der Waals surface area contributed by atoms with Crippen LogP contribution in [0.25, 0.3) is 0 Å². The Balaban J connectivity index is 4.56. The maximum atomic E-state index is 10.4. The molecule has 0 aliphatic heterocycles. The highest BCUT2D eigenvalue weighted by atomic mass is 16.4. The second-order valence-corrected chi connectivity index (χ2v) is 3.72. The fourth-order valence-electron chi connectivity index (χ4n) is 1.22. The van der Waals surface area contributed by atoms with Crippen LogP contribution in [-0.4, -0.2) is 11.1 Å². The second-order valence-electron chi connectivity index (χ2n) is 3.72. The van der Waals surface area contributed by atoms with Crippen molar-refractivity contribution in [3.63, 3.8) is 0 Å². The number of carboxylic acids is 1. The third-order valence-corrected chi connectivity index (χ3v) is 2.10. The van der Waals surface area contributed by atoms with Gasteiger partial charge in [-0.15, -0.1) is 0 Å². The Morgan fingerprint density at radius 1 is 1.00 bits per heavy atom. The van der Waals surface area contributed by atoms with Crippen LogP contribution in [0.4, 0.5) is 0 Å². The van der Waals surface area contributed by atoms with Crippen LogP contribution >= 0.6 is 0 Å². The highest BCUT2D eigenvalue weighted by Crippen LogP contribution is 2.04. The number of aliphatic carboxylic acids is 1. The molecule has 0 amide bonds. The van der Waals surface area contributed by atoms with Crippen molar-refractivity contribution in [3.8, 4) is 0 Å². The van der Waals surface area contributed by atoms with Crippen molar-refractivity contribution in [1.82, 2.24) is 0 Å². The van der Waals surface area contributed by atoms with Gasteiger partial charge in [0.1, 0.15) is 0 Å². The lowest BCUT2D eigenvalue weighted by atomic mass is 10.1. The molecule has 0 aromatic carbocycles. The van der Waals surface area contributed by atoms with Gasteiger partial charge >= 0.3 is 5.97 Å². The summed E-state index contributed by atoms with van der Waals surface area (Å²) in [6, 6.07) is 0.00448. The molecule has 0 saturated heterocycles. The van der Waals surface area contributed by atoms with Crippen LogP contribution < -0.4 is 0 Å². The molecule has 0 atom stereocenters. The van der Waals surface area contributed by atoms with Gasteiger partial charge in [0.05, 0.1) is 8.22 Å². The number of hydrogen-bond acceptors (Lipinski definition) is 1. The second kappa shape index (κ2) is 13.8. The van der Waals surface area contributed by atoms with Gasteiger partial charge in [-0.1, -0.05) is 49.7 Å². The van der Waals surface area contributed by atoms with E-state index in [1.807, 2.05) is 0 Å². The standard InChI is InChI=1S/C16H26O2/c1-2-3-4-5-6-7-8-9-10-11-12-13-14-15-16(17)18/h3-4,6-7,9-10H,2,5,8,11-15H2,1H3,(H,17,18)/b4-3-,7-6-,10-9-/i3D,4D,6D,7D,9D,10D. The van der Waals surface area contributed by atoms with Gasteiger partial charge in [-0.2, -0.15) is 0 Å². The van der Waals surface area contributed by atoms with Crippen molar-refractivity contribution in [1.29, 1.82) is 0 Å². The topological polar surface area (TPSA) is 37.3 Å². The van der Waals surface area contributed by atoms with Crippen LogP contribution in [0.2, 0.25) is 0 Å². The quantitative estimate of drug-likeness (QED) is 0.422. The normalized spacial score (nSPS) is 20.1. The van der Waals surface area contributed by atoms with Gasteiger partial charge in [0.25, 0.3) is 0 Å². The van der Waals surface area contributed by atoms with Crippen LogP contribution in [0.15, 0.2) is 36.3 Å². The molecule has 0 heterocycles. The van der Waals surface area contributed by atoms with Gasteiger partial charge in [0, 0.05) is 6.42 Å². The zero-order valence-electron chi connectivity index (χ0n) is 17.0. The monoisotopic (exact) mass is 256 g/mol. The van der Waals surface area contributed by atoms with Crippen LogP contribution in [0.5, 0.6) is 0 Å². The van der Waals surface area contributed by atoms with E-state index in [4.69, 9.17) is 13.3 Å². The smallest absolute Gasteiger partial charge is 0.303 e. The molecule has 18 heavy (non-hydrogen) atoms. The van der Waals surface area contributed by atoms with Gasteiger partial charge in [-0.3, -0.25) is 4.79 Å². The number of allylic oxidation sites excluding steroid dienone is 6. The highest BCUT2D eigenvalue weighted by molar-refractivity contribution is 5.66. The molecule has 0 fully saturated rings. The van der Waals surface area contributed by atoms with Gasteiger partial charge in [0.2, 0.25) is 0 Å². The van der Waals surface area contributed by atoms with Crippen molar-refractivity contribution in [2.75, 3.05) is 0 Å². The molecule has 0 radical (unpaired) electrons. The van der Waals surface area contributed by atoms with Gasteiger partial charge in [-0.05, 0) is 38.5 Å². The van der Waals surface area contributed by atoms with Crippen molar-refractivity contribution in [2.24, 2.45) is 0 Å². The van der Waals surface area contributed by atoms with E-state index in [0.29, 0.717) is 32.1 Å². The first-order valence-corrected chi connectivity index (χ1v) is 6.36. The third-order valence-electron chi connectivity index (χ3n) is 2.10. The molecule has 2 nitrogen and oxygen atoms in total. The molecule has 0 unspecified atom stereocenters. The van der Waals surface area contributed by atoms with Crippen LogP contribution in [0, 0.1) is 0 Å². The first-order chi connectivity index (χ1) is 11.2. The minimum Gasteiger partial charge on any atom is -0.481 e. The van der Waals surface area contributed by atoms with Crippen LogP contribution in [-0.2, 0) is 4.79 Å². The summed E-state index contributed by atoms with van der Waals surface area (Å²) in [6.07, 6.45) is 2.48. The Morgan fingerprint density at radius 3 is 2.22 bits per heavy atom. The molecule has 2 heteroatoms. The molecule has 0 spiro atoms. The lowest BCUT2D eigenvalue weighted by Gasteiger charge is -1.94. The molecule has 1 N–H and O–H groups in total. The van der Waals surface area contributed by atoms with Crippen molar-refractivity contribution in [3.05, 3.63) is 36.3 Å². The molecule has 0 rings (SSSR count). The number of hydrogen-bond donors (Lipinski definition) is 1. The predicted molar refractivity (Wildman–Crippen MR) is 77.7 cm³/mol. The molecular formula is C16H26O2. The van der Waals surface area contributed by atoms with Gasteiger partial charge in [-0.25, -0.2) is 0 Å². The van der Waals surface area contributed by atoms with Crippen molar-refractivity contribution < 1.29 is 18.1 Å². The Morgan fingerprint density at radius 2 is 1.61 bits per heavy atom. The maximum absolute atomic E-state index is 10.4. The Hall–Kier alpha value is -1.31. The fraction of sp³-hybridized carbons (Fsp3) is 0.562. The van der Waals surface area contributed by atoms with Crippen molar-refractivity contribution >= 4 is 5.97 Å². The lowest BCUT2D eigenvalue weighted by molar-refractivity contribution is -0.137. The highest BCUT2D eigenvalue weighted by Gasteiger charge is 1.94. The van der Waals surface area contributed by atoms with Crippen LogP contribution in [0.3, 0.4) is 0 Å². The number of carboxylic acid groups (broad SMARTS) is 1. The maximum Gasteiger partial charge on any atom is 0.303 e. The van der Waals surface area contributed by atoms with E-state index in [1.54, 1.807) is 6.92 Å². The summed E-state index contributed by atoms with van der Waals surface area (Å²) < 4.78 is 46.4. The Labute approximate surface area is 120 Å². The van der Waals surface area contributed by atoms with E-state index >= 15 is 0 Å². The van der Waals surface area contributed by atoms with Crippen LogP contribution in [0.1, 0.15) is 66.5 Å². The summed E-state index contributed by atoms with van der Waals surface area (Å²) in [5, 5.41) is 8.53. The number of unbranched alkanes of at least 4 members (excludes halogenated alkanes) is 2. The molecule has 102 valence electrons. The van der Waals surface area contributed by atoms with E-state index in [1.165, 1.54) is 0 Å². The Bertz CT molecular complexity index is 523. The van der Waals surface area contributed by atoms with Gasteiger partial charge in [0.15, 0.2) is 0 Å². The summed E-state index contributed by atoms with van der Waals surface area (Å²) >= 11 is 0. The Kier molecular flexibility index (Phi) is 6.67. The SMILES string of the molecule is [2H]/C(CC)=C(\[2H])C/C([2H])=C(/[2H])C/C([2H])=C(/[2H])CCCCCC(=O)O. The average Bonchev–Trinajstić information content (AvgIpc) is 2.52. The first-order valence-electron chi connectivity index (χ1n) is 9.36. The molecular weight excluding hydrogens is 224 g/mol. The zero-order chi connectivity index (χ0) is 18.7. The lowest BCUT2D eigenvalue weighted by Crippen LogP contribution is -1.93. The number of carbonyl (C=O) groups is 1. The van der Waals surface area contributed by atoms with E-state index in [0.717, 1.165) is 0 Å². The largest absolute Gasteiger partial charge is 0.481 e. The van der Waals surface area contributed by atoms with E-state index in [2.05, 4.69) is 0 Å². The summed E-state index contributed by atoms with van der Waals surface area (Å²) in [5.74, 6) is -0.841. The average molecular weight is 256 g/mol. The minimum atomic E-state index is -0.841. The predicted octanol–water partition coefficient (Wildman–Crippen LogP) is 4.88. The van der Waals surface area contributed by atoms with Gasteiger partial charge < -0.3 is 5.11 Å². The molecule has 0 aliphatic rings. The summed E-state index contributed by atoms with van der Waals surface area (Å²) in [4.78, 5) is 10.4. The van der Waals surface area contributed by atoms with E-state index in [-0.39, 0.29) is 55.6 Å². The summed E-state index contributed by atoms with van der Waals surface area (Å²) in [7, 11) is 0. The van der Waals surface area contributed by atoms with E-state index in [9.17, 15) is 4.79 Å². The number of rotatable bonds is 11. The molecule has 0 aliphatic carbocycles. The first kappa shape index (κ1) is 8.73. The van der Waals surface area contributed by atoms with E-state index < -0.39 is 5.97 Å². The minimum absolute atomic E-state index is 0.00675. The molecule has 0 aromatic heterocycles. The van der Waals surface area contributed by atoms with Crippen molar-refractivity contribution in [2.45, 2.75) is 58.3 Å². The molecule has 0 bridgehead atoms. The fourth-order valence-corrected chi connectivity index (χ4v) is 1.22. The molecule has 0 aromatic rings. The summed E-state index contributed by atoms with van der Waals surface area (Å²) in [6.45, 7) is 1.75. The third kappa shape index (κ3) is 14.7.